The van der Waals surface area contributed by atoms with E-state index in [2.05, 4.69) is 15.0 Å². The van der Waals surface area contributed by atoms with Gasteiger partial charge in [0, 0.05) is 12.3 Å². The van der Waals surface area contributed by atoms with Gasteiger partial charge in [-0.1, -0.05) is 0 Å². The van der Waals surface area contributed by atoms with Crippen LogP contribution in [0.2, 0.25) is 0 Å². The molecular weight excluding hydrogens is 378 g/mol. The van der Waals surface area contributed by atoms with Crippen LogP contribution in [0.1, 0.15) is 5.69 Å². The van der Waals surface area contributed by atoms with Gasteiger partial charge >= 0.3 is 0 Å². The summed E-state index contributed by atoms with van der Waals surface area (Å²) in [7, 11) is 0. The molecule has 0 fully saturated rings. The van der Waals surface area contributed by atoms with E-state index in [1.54, 1.807) is 12.3 Å². The third-order valence-corrected chi connectivity index (χ3v) is 3.93. The minimum Gasteiger partial charge on any atom is -0.331 e. The molecule has 7 heteroatoms. The number of benzene rings is 1. The van der Waals surface area contributed by atoms with Gasteiger partial charge in [-0.3, -0.25) is 0 Å². The number of aromatic amines is 1. The third kappa shape index (κ3) is 2.39. The van der Waals surface area contributed by atoms with Crippen LogP contribution in [-0.4, -0.2) is 19.5 Å². The lowest BCUT2D eigenvalue weighted by Gasteiger charge is -2.04. The van der Waals surface area contributed by atoms with E-state index in [9.17, 15) is 4.39 Å². The van der Waals surface area contributed by atoms with Gasteiger partial charge in [-0.2, -0.15) is 0 Å². The Kier molecular flexibility index (Phi) is 3.31. The minimum absolute atomic E-state index is 0.251. The van der Waals surface area contributed by atoms with Crippen LogP contribution in [0, 0.1) is 14.2 Å². The van der Waals surface area contributed by atoms with Crippen molar-refractivity contribution in [2.45, 2.75) is 6.54 Å². The summed E-state index contributed by atoms with van der Waals surface area (Å²) >= 11 is 7.24. The molecule has 0 radical (unpaired) electrons. The maximum Gasteiger partial charge on any atom is 0.178 e. The van der Waals surface area contributed by atoms with Crippen molar-refractivity contribution in [2.75, 3.05) is 0 Å². The van der Waals surface area contributed by atoms with Crippen LogP contribution < -0.4 is 0 Å². The van der Waals surface area contributed by atoms with E-state index in [4.69, 9.17) is 12.2 Å². The lowest BCUT2D eigenvalue weighted by molar-refractivity contribution is 0.621. The summed E-state index contributed by atoms with van der Waals surface area (Å²) in [6.45, 7) is 0.487. The Bertz CT molecular complexity index is 797. The maximum absolute atomic E-state index is 13.7. The fraction of sp³-hybridized carbons (Fsp3) is 0.0833. The predicted octanol–water partition coefficient (Wildman–Crippen LogP) is 3.28. The fourth-order valence-corrected chi connectivity index (χ4v) is 2.62. The zero-order chi connectivity index (χ0) is 13.4. The molecule has 0 aliphatic rings. The van der Waals surface area contributed by atoms with Crippen molar-refractivity contribution in [3.05, 3.63) is 50.6 Å². The Hall–Kier alpha value is -1.35. The molecule has 2 aromatic heterocycles. The molecule has 19 heavy (non-hydrogen) atoms. The Labute approximate surface area is 126 Å². The van der Waals surface area contributed by atoms with Crippen molar-refractivity contribution in [3.63, 3.8) is 0 Å². The van der Waals surface area contributed by atoms with Crippen LogP contribution in [0.4, 0.5) is 4.39 Å². The Morgan fingerprint density at radius 3 is 3.00 bits per heavy atom. The third-order valence-electron chi connectivity index (χ3n) is 2.78. The highest BCUT2D eigenvalue weighted by atomic mass is 127. The number of halogens is 2. The molecule has 2 heterocycles. The average molecular weight is 386 g/mol. The quantitative estimate of drug-likeness (QED) is 0.543. The monoisotopic (exact) mass is 386 g/mol. The molecule has 0 saturated carbocycles. The van der Waals surface area contributed by atoms with Crippen LogP contribution in [0.5, 0.6) is 0 Å². The zero-order valence-electron chi connectivity index (χ0n) is 9.60. The molecule has 1 N–H and O–H groups in total. The second kappa shape index (κ2) is 4.97. The molecule has 4 nitrogen and oxygen atoms in total. The van der Waals surface area contributed by atoms with E-state index in [-0.39, 0.29) is 5.82 Å². The van der Waals surface area contributed by atoms with Crippen molar-refractivity contribution in [3.8, 4) is 0 Å². The van der Waals surface area contributed by atoms with Gasteiger partial charge < -0.3 is 9.55 Å². The molecule has 0 bridgehead atoms. The molecule has 3 aromatic rings. The van der Waals surface area contributed by atoms with E-state index in [1.807, 2.05) is 33.2 Å². The largest absolute Gasteiger partial charge is 0.331 e. The number of nitrogens with one attached hydrogen (secondary N) is 1. The van der Waals surface area contributed by atoms with Gasteiger partial charge in [-0.15, -0.1) is 0 Å². The second-order valence-electron chi connectivity index (χ2n) is 4.00. The van der Waals surface area contributed by atoms with E-state index < -0.39 is 0 Å². The summed E-state index contributed by atoms with van der Waals surface area (Å²) in [6.07, 6.45) is 3.15. The molecule has 3 rings (SSSR count). The van der Waals surface area contributed by atoms with Gasteiger partial charge in [0.05, 0.1) is 26.8 Å². The van der Waals surface area contributed by atoms with E-state index in [0.717, 1.165) is 16.7 Å². The first-order chi connectivity index (χ1) is 9.15. The minimum atomic E-state index is -0.251. The molecule has 0 saturated heterocycles. The molecule has 0 aliphatic heterocycles. The Morgan fingerprint density at radius 2 is 2.26 bits per heavy atom. The summed E-state index contributed by atoms with van der Waals surface area (Å²) in [4.78, 5) is 11.1. The lowest BCUT2D eigenvalue weighted by atomic mass is 10.3. The zero-order valence-corrected chi connectivity index (χ0v) is 12.6. The fourth-order valence-electron chi connectivity index (χ4n) is 1.88. The summed E-state index contributed by atoms with van der Waals surface area (Å²) in [5.41, 5.74) is 2.39. The molecule has 96 valence electrons. The topological polar surface area (TPSA) is 46.5 Å². The van der Waals surface area contributed by atoms with E-state index >= 15 is 0 Å². The van der Waals surface area contributed by atoms with Crippen molar-refractivity contribution in [2.24, 2.45) is 0 Å². The number of hydrogen-bond donors (Lipinski definition) is 1. The van der Waals surface area contributed by atoms with Crippen LogP contribution in [0.25, 0.3) is 11.0 Å². The molecule has 0 aliphatic carbocycles. The molecule has 0 atom stereocenters. The first kappa shape index (κ1) is 12.7. The summed E-state index contributed by atoms with van der Waals surface area (Å²) in [5.74, 6) is -0.251. The van der Waals surface area contributed by atoms with Gasteiger partial charge in [-0.05, 0) is 46.9 Å². The number of imidazole rings is 1. The van der Waals surface area contributed by atoms with Gasteiger partial charge in [0.15, 0.2) is 4.77 Å². The Morgan fingerprint density at radius 1 is 1.42 bits per heavy atom. The molecular formula is C12H8FIN4S. The summed E-state index contributed by atoms with van der Waals surface area (Å²) in [5, 5.41) is 0. The summed E-state index contributed by atoms with van der Waals surface area (Å²) < 4.78 is 16.6. The van der Waals surface area contributed by atoms with Crippen LogP contribution >= 0.6 is 34.8 Å². The number of nitrogens with zero attached hydrogens (tertiary/aromatic N) is 3. The van der Waals surface area contributed by atoms with Crippen LogP contribution in [0.15, 0.2) is 30.7 Å². The first-order valence-electron chi connectivity index (χ1n) is 5.47. The van der Waals surface area contributed by atoms with Crippen LogP contribution in [0.3, 0.4) is 0 Å². The highest BCUT2D eigenvalue weighted by Gasteiger charge is 2.09. The van der Waals surface area contributed by atoms with Gasteiger partial charge in [0.1, 0.15) is 12.1 Å². The second-order valence-corrected chi connectivity index (χ2v) is 5.55. The molecule has 0 spiro atoms. The van der Waals surface area contributed by atoms with E-state index in [1.165, 1.54) is 12.4 Å². The van der Waals surface area contributed by atoms with Gasteiger partial charge in [0.25, 0.3) is 0 Å². The van der Waals surface area contributed by atoms with Crippen molar-refractivity contribution < 1.29 is 4.39 Å². The molecule has 1 aromatic carbocycles. The predicted molar refractivity (Wildman–Crippen MR) is 80.9 cm³/mol. The van der Waals surface area contributed by atoms with Crippen molar-refractivity contribution in [1.82, 2.24) is 19.5 Å². The smallest absolute Gasteiger partial charge is 0.178 e. The van der Waals surface area contributed by atoms with Crippen LogP contribution in [-0.2, 0) is 6.54 Å². The van der Waals surface area contributed by atoms with Gasteiger partial charge in [0.2, 0.25) is 0 Å². The Balaban J connectivity index is 2.16. The standard InChI is InChI=1S/C12H8FIN4S/c13-8-3-11-10(4-9(8)14)17-12(19)18(11)5-7-1-2-15-6-16-7/h1-4,6H,5H2,(H,17,19). The normalized spacial score (nSPS) is 11.1. The average Bonchev–Trinajstić information content (AvgIpc) is 2.68. The first-order valence-corrected chi connectivity index (χ1v) is 6.96. The van der Waals surface area contributed by atoms with E-state index in [0.29, 0.717) is 14.9 Å². The summed E-state index contributed by atoms with van der Waals surface area (Å²) in [6, 6.07) is 5.05. The highest BCUT2D eigenvalue weighted by molar-refractivity contribution is 14.1. The van der Waals surface area contributed by atoms with Gasteiger partial charge in [-0.25, -0.2) is 14.4 Å². The number of H-pyrrole nitrogens is 1. The number of rotatable bonds is 2. The van der Waals surface area contributed by atoms with Crippen molar-refractivity contribution in [1.29, 1.82) is 0 Å². The molecule has 0 unspecified atom stereocenters. The number of aromatic nitrogens is 4. The number of fused-ring (bicyclic) bond motifs is 1. The van der Waals surface area contributed by atoms with Crippen molar-refractivity contribution >= 4 is 45.8 Å². The number of hydrogen-bond acceptors (Lipinski definition) is 3. The highest BCUT2D eigenvalue weighted by Crippen LogP contribution is 2.21. The molecule has 0 amide bonds. The maximum atomic E-state index is 13.7. The lowest BCUT2D eigenvalue weighted by Crippen LogP contribution is -2.02. The SMILES string of the molecule is Fc1cc2c(cc1I)[nH]c(=S)n2Cc1ccncn1.